The first kappa shape index (κ1) is 19.1. The Balaban J connectivity index is 2.23. The van der Waals surface area contributed by atoms with Gasteiger partial charge < -0.3 is 5.11 Å². The number of likely N-dealkylation sites (N-methyl/N-ethyl adjacent to an activating group) is 1. The quantitative estimate of drug-likeness (QED) is 0.712. The zero-order chi connectivity index (χ0) is 19.0. The van der Waals surface area contributed by atoms with E-state index in [1.165, 1.54) is 0 Å². The second-order valence-electron chi connectivity index (χ2n) is 5.94. The highest BCUT2D eigenvalue weighted by atomic mass is 35.5. The smallest absolute Gasteiger partial charge is 0.327 e. The average molecular weight is 412 g/mol. The molecule has 0 saturated heterocycles. The van der Waals surface area contributed by atoms with Crippen molar-refractivity contribution in [3.8, 4) is 0 Å². The van der Waals surface area contributed by atoms with Gasteiger partial charge in [0.05, 0.1) is 16.4 Å². The second-order valence-corrected chi connectivity index (χ2v) is 7.22. The summed E-state index contributed by atoms with van der Waals surface area (Å²) in [5.41, 5.74) is 3.04. The maximum atomic E-state index is 12.0. The summed E-state index contributed by atoms with van der Waals surface area (Å²) >= 11 is 18.5. The van der Waals surface area contributed by atoms with E-state index < -0.39 is 12.0 Å². The first-order valence-electron chi connectivity index (χ1n) is 8.06. The lowest BCUT2D eigenvalue weighted by Crippen LogP contribution is -2.46. The van der Waals surface area contributed by atoms with Crippen molar-refractivity contribution in [3.05, 3.63) is 68.7 Å². The lowest BCUT2D eigenvalue weighted by atomic mass is 10.0. The molecule has 0 saturated carbocycles. The number of hydrogen-bond acceptors (Lipinski definition) is 3. The molecule has 2 aromatic carbocycles. The Morgan fingerprint density at radius 2 is 1.69 bits per heavy atom. The van der Waals surface area contributed by atoms with E-state index in [1.54, 1.807) is 35.3 Å². The van der Waals surface area contributed by atoms with E-state index in [0.29, 0.717) is 27.3 Å². The van der Waals surface area contributed by atoms with Crippen LogP contribution in [0.5, 0.6) is 0 Å². The molecule has 0 aliphatic carbocycles. The molecule has 0 amide bonds. The molecule has 1 heterocycles. The van der Waals surface area contributed by atoms with Crippen LogP contribution in [0.15, 0.2) is 48.0 Å². The van der Waals surface area contributed by atoms with Crippen molar-refractivity contribution < 1.29 is 9.90 Å². The predicted molar refractivity (Wildman–Crippen MR) is 107 cm³/mol. The van der Waals surface area contributed by atoms with Crippen LogP contribution >= 0.6 is 34.8 Å². The van der Waals surface area contributed by atoms with Gasteiger partial charge in [0.2, 0.25) is 0 Å². The Morgan fingerprint density at radius 1 is 1.08 bits per heavy atom. The lowest BCUT2D eigenvalue weighted by molar-refractivity contribution is -0.141. The van der Waals surface area contributed by atoms with Crippen molar-refractivity contribution in [3.63, 3.8) is 0 Å². The highest BCUT2D eigenvalue weighted by Gasteiger charge is 2.42. The van der Waals surface area contributed by atoms with Gasteiger partial charge in [-0.05, 0) is 48.4 Å². The Morgan fingerprint density at radius 3 is 2.23 bits per heavy atom. The number of carboxylic acids is 1. The Hall–Kier alpha value is -1.72. The zero-order valence-electron chi connectivity index (χ0n) is 14.2. The maximum absolute atomic E-state index is 12.0. The van der Waals surface area contributed by atoms with Gasteiger partial charge in [-0.1, -0.05) is 53.9 Å². The van der Waals surface area contributed by atoms with Gasteiger partial charge in [0.15, 0.2) is 0 Å². The van der Waals surface area contributed by atoms with Crippen LogP contribution in [0.2, 0.25) is 15.1 Å². The molecule has 136 valence electrons. The molecular weight excluding hydrogens is 395 g/mol. The highest BCUT2D eigenvalue weighted by molar-refractivity contribution is 6.36. The van der Waals surface area contributed by atoms with Crippen molar-refractivity contribution in [1.82, 2.24) is 5.01 Å². The standard InChI is InChI=1S/C19H17Cl3N2O2/c1-3-23-18(19(25)26)11(2)17(12-4-6-13(20)7-5-12)24(23)16-9-8-14(21)10-15(16)22/h4-10,18H,3H2,1-2H3,(H,25,26). The van der Waals surface area contributed by atoms with Crippen molar-refractivity contribution in [2.75, 3.05) is 11.6 Å². The fraction of sp³-hybridized carbons (Fsp3) is 0.211. The highest BCUT2D eigenvalue weighted by Crippen LogP contribution is 2.42. The number of carboxylic acid groups (broad SMARTS) is 1. The fourth-order valence-corrected chi connectivity index (χ4v) is 3.88. The van der Waals surface area contributed by atoms with Crippen molar-refractivity contribution in [1.29, 1.82) is 0 Å². The number of hydrazine groups is 1. The summed E-state index contributed by atoms with van der Waals surface area (Å²) in [4.78, 5) is 12.0. The normalized spacial score (nSPS) is 17.9. The van der Waals surface area contributed by atoms with Crippen LogP contribution in [-0.2, 0) is 4.79 Å². The molecule has 1 atom stereocenters. The molecule has 1 N–H and O–H groups in total. The fourth-order valence-electron chi connectivity index (χ4n) is 3.27. The molecule has 1 aliphatic rings. The van der Waals surface area contributed by atoms with Crippen molar-refractivity contribution in [2.24, 2.45) is 0 Å². The minimum Gasteiger partial charge on any atom is -0.480 e. The first-order chi connectivity index (χ1) is 12.3. The molecule has 0 radical (unpaired) electrons. The molecule has 1 aliphatic heterocycles. The SMILES string of the molecule is CCN1C(C(=O)O)C(C)=C(c2ccc(Cl)cc2)N1c1ccc(Cl)cc1Cl. The summed E-state index contributed by atoms with van der Waals surface area (Å²) in [6.07, 6.45) is 0. The molecule has 0 fully saturated rings. The largest absolute Gasteiger partial charge is 0.480 e. The van der Waals surface area contributed by atoms with Gasteiger partial charge in [-0.15, -0.1) is 0 Å². The summed E-state index contributed by atoms with van der Waals surface area (Å²) < 4.78 is 0. The van der Waals surface area contributed by atoms with E-state index in [4.69, 9.17) is 34.8 Å². The predicted octanol–water partition coefficient (Wildman–Crippen LogP) is 5.59. The van der Waals surface area contributed by atoms with Crippen LogP contribution in [0.1, 0.15) is 19.4 Å². The van der Waals surface area contributed by atoms with E-state index in [2.05, 4.69) is 0 Å². The third-order valence-corrected chi connectivity index (χ3v) is 5.15. The minimum absolute atomic E-state index is 0.446. The van der Waals surface area contributed by atoms with Gasteiger partial charge in [-0.3, -0.25) is 9.80 Å². The number of carbonyl (C=O) groups is 1. The van der Waals surface area contributed by atoms with E-state index in [0.717, 1.165) is 16.8 Å². The Bertz CT molecular complexity index is 881. The molecule has 0 spiro atoms. The molecule has 3 rings (SSSR count). The molecule has 0 bridgehead atoms. The number of nitrogens with zero attached hydrogens (tertiary/aromatic N) is 2. The number of rotatable bonds is 4. The summed E-state index contributed by atoms with van der Waals surface area (Å²) in [5, 5.41) is 15.0. The van der Waals surface area contributed by atoms with E-state index >= 15 is 0 Å². The Kier molecular flexibility index (Phi) is 5.49. The molecule has 1 unspecified atom stereocenters. The molecule has 7 heteroatoms. The van der Waals surface area contributed by atoms with Crippen LogP contribution in [0, 0.1) is 0 Å². The van der Waals surface area contributed by atoms with Gasteiger partial charge in [-0.2, -0.15) is 5.01 Å². The third-order valence-electron chi connectivity index (χ3n) is 4.36. The van der Waals surface area contributed by atoms with Gasteiger partial charge in [0.25, 0.3) is 0 Å². The zero-order valence-corrected chi connectivity index (χ0v) is 16.5. The number of anilines is 1. The number of hydrogen-bond donors (Lipinski definition) is 1. The lowest BCUT2D eigenvalue weighted by Gasteiger charge is -2.34. The van der Waals surface area contributed by atoms with E-state index in [9.17, 15) is 9.90 Å². The van der Waals surface area contributed by atoms with Crippen LogP contribution in [0.4, 0.5) is 5.69 Å². The minimum atomic E-state index is -0.914. The summed E-state index contributed by atoms with van der Waals surface area (Å²) in [6.45, 7) is 4.23. The maximum Gasteiger partial charge on any atom is 0.327 e. The summed E-state index contributed by atoms with van der Waals surface area (Å²) in [5.74, 6) is -0.914. The van der Waals surface area contributed by atoms with Gasteiger partial charge in [-0.25, -0.2) is 0 Å². The monoisotopic (exact) mass is 410 g/mol. The van der Waals surface area contributed by atoms with Crippen LogP contribution in [0.25, 0.3) is 5.70 Å². The number of benzene rings is 2. The molecule has 4 nitrogen and oxygen atoms in total. The van der Waals surface area contributed by atoms with E-state index in [-0.39, 0.29) is 0 Å². The topological polar surface area (TPSA) is 43.8 Å². The Labute approximate surface area is 167 Å². The van der Waals surface area contributed by atoms with Gasteiger partial charge in [0.1, 0.15) is 6.04 Å². The van der Waals surface area contributed by atoms with Crippen molar-refractivity contribution in [2.45, 2.75) is 19.9 Å². The van der Waals surface area contributed by atoms with Crippen molar-refractivity contribution >= 4 is 52.2 Å². The summed E-state index contributed by atoms with van der Waals surface area (Å²) in [7, 11) is 0. The van der Waals surface area contributed by atoms with Gasteiger partial charge >= 0.3 is 5.97 Å². The van der Waals surface area contributed by atoms with Crippen LogP contribution in [-0.4, -0.2) is 28.7 Å². The summed E-state index contributed by atoms with van der Waals surface area (Å²) in [6, 6.07) is 11.7. The molecular formula is C19H17Cl3N2O2. The number of halogens is 3. The molecule has 0 aromatic heterocycles. The molecule has 2 aromatic rings. The van der Waals surface area contributed by atoms with Gasteiger partial charge in [0, 0.05) is 16.6 Å². The van der Waals surface area contributed by atoms with Crippen LogP contribution in [0.3, 0.4) is 0 Å². The third kappa shape index (κ3) is 3.30. The number of aliphatic carboxylic acids is 1. The van der Waals surface area contributed by atoms with E-state index in [1.807, 2.05) is 31.0 Å². The van der Waals surface area contributed by atoms with Crippen LogP contribution < -0.4 is 5.01 Å². The first-order valence-corrected chi connectivity index (χ1v) is 9.19. The second kappa shape index (κ2) is 7.49. The molecule has 26 heavy (non-hydrogen) atoms. The average Bonchev–Trinajstić information content (AvgIpc) is 2.88.